The zero-order chi connectivity index (χ0) is 21.7. The first-order valence-electron chi connectivity index (χ1n) is 10.5. The number of quaternary nitrogens is 1. The van der Waals surface area contributed by atoms with Gasteiger partial charge in [0.25, 0.3) is 0 Å². The van der Waals surface area contributed by atoms with E-state index in [9.17, 15) is 9.59 Å². The first-order chi connectivity index (χ1) is 14.5. The predicted octanol–water partition coefficient (Wildman–Crippen LogP) is 2.01. The maximum Gasteiger partial charge on any atom is 0.356 e. The monoisotopic (exact) mass is 418 g/mol. The second-order valence-corrected chi connectivity index (χ2v) is 7.85. The van der Waals surface area contributed by atoms with Crippen molar-refractivity contribution in [2.75, 3.05) is 45.8 Å². The summed E-state index contributed by atoms with van der Waals surface area (Å²) in [4.78, 5) is 29.8. The van der Waals surface area contributed by atoms with Gasteiger partial charge in [-0.3, -0.25) is 4.79 Å². The molecule has 1 amide bonds. The minimum Gasteiger partial charge on any atom is -0.493 e. The number of carbonyl (C=O) groups excluding carboxylic acids is 2. The Bertz CT molecular complexity index is 908. The molecule has 0 radical (unpaired) electrons. The quantitative estimate of drug-likeness (QED) is 0.570. The van der Waals surface area contributed by atoms with Gasteiger partial charge in [0.2, 0.25) is 5.91 Å². The number of aromatic amines is 1. The number of nitrogens with one attached hydrogen (secondary N) is 3. The molecule has 2 heterocycles. The fourth-order valence-electron chi connectivity index (χ4n) is 4.12. The number of amides is 1. The second kappa shape index (κ2) is 9.84. The standard InChI is InChI=1S/C22H31N3O5/c1-5-30-22(27)21-20(15-11-17(28-3)18(29-4)12-16(15)23-21)24-19(26)8-10-25-9-6-7-14(2)13-25/h11-12,14,23H,5-10,13H2,1-4H3,(H,24,26)/p+1/t14-/m1/s1. The van der Waals surface area contributed by atoms with Crippen LogP contribution >= 0.6 is 0 Å². The van der Waals surface area contributed by atoms with Crippen molar-refractivity contribution in [2.45, 2.75) is 33.1 Å². The van der Waals surface area contributed by atoms with Crippen molar-refractivity contribution in [3.63, 3.8) is 0 Å². The smallest absolute Gasteiger partial charge is 0.356 e. The van der Waals surface area contributed by atoms with Crippen molar-refractivity contribution in [3.05, 3.63) is 17.8 Å². The molecule has 8 heteroatoms. The molecule has 30 heavy (non-hydrogen) atoms. The van der Waals surface area contributed by atoms with E-state index in [1.165, 1.54) is 17.7 Å². The van der Waals surface area contributed by atoms with Gasteiger partial charge in [0.15, 0.2) is 11.5 Å². The second-order valence-electron chi connectivity index (χ2n) is 7.85. The molecule has 1 aromatic heterocycles. The molecule has 0 bridgehead atoms. The highest BCUT2D eigenvalue weighted by Crippen LogP contribution is 2.37. The van der Waals surface area contributed by atoms with E-state index in [0.29, 0.717) is 40.4 Å². The molecule has 0 spiro atoms. The van der Waals surface area contributed by atoms with Crippen LogP contribution in [0.4, 0.5) is 5.69 Å². The Hall–Kier alpha value is -2.74. The van der Waals surface area contributed by atoms with Crippen LogP contribution in [0.15, 0.2) is 12.1 Å². The van der Waals surface area contributed by atoms with Crippen molar-refractivity contribution < 1.29 is 28.7 Å². The van der Waals surface area contributed by atoms with Crippen LogP contribution in [0.2, 0.25) is 0 Å². The van der Waals surface area contributed by atoms with Crippen LogP contribution < -0.4 is 19.7 Å². The molecule has 164 valence electrons. The van der Waals surface area contributed by atoms with Crippen molar-refractivity contribution >= 4 is 28.5 Å². The van der Waals surface area contributed by atoms with Gasteiger partial charge in [-0.1, -0.05) is 6.92 Å². The highest BCUT2D eigenvalue weighted by molar-refractivity contribution is 6.11. The Morgan fingerprint density at radius 3 is 2.63 bits per heavy atom. The van der Waals surface area contributed by atoms with Gasteiger partial charge in [-0.2, -0.15) is 0 Å². The molecule has 2 atom stereocenters. The third-order valence-corrected chi connectivity index (χ3v) is 5.62. The van der Waals surface area contributed by atoms with E-state index in [-0.39, 0.29) is 18.2 Å². The summed E-state index contributed by atoms with van der Waals surface area (Å²) in [5, 5.41) is 3.60. The predicted molar refractivity (Wildman–Crippen MR) is 115 cm³/mol. The van der Waals surface area contributed by atoms with Crippen LogP contribution in [-0.2, 0) is 9.53 Å². The summed E-state index contributed by atoms with van der Waals surface area (Å²) in [6.07, 6.45) is 2.86. The summed E-state index contributed by atoms with van der Waals surface area (Å²) < 4.78 is 15.9. The van der Waals surface area contributed by atoms with Crippen LogP contribution in [0.3, 0.4) is 0 Å². The van der Waals surface area contributed by atoms with Gasteiger partial charge >= 0.3 is 5.97 Å². The summed E-state index contributed by atoms with van der Waals surface area (Å²) in [6, 6.07) is 3.49. The van der Waals surface area contributed by atoms with E-state index in [4.69, 9.17) is 14.2 Å². The topological polar surface area (TPSA) is 94.1 Å². The zero-order valence-corrected chi connectivity index (χ0v) is 18.2. The average molecular weight is 419 g/mol. The van der Waals surface area contributed by atoms with Crippen LogP contribution in [0, 0.1) is 5.92 Å². The molecular weight excluding hydrogens is 386 g/mol. The van der Waals surface area contributed by atoms with Crippen LogP contribution in [-0.4, -0.2) is 57.3 Å². The molecule has 1 aliphatic heterocycles. The van der Waals surface area contributed by atoms with E-state index < -0.39 is 5.97 Å². The molecule has 8 nitrogen and oxygen atoms in total. The van der Waals surface area contributed by atoms with E-state index in [1.54, 1.807) is 33.3 Å². The van der Waals surface area contributed by atoms with Gasteiger partial charge < -0.3 is 29.4 Å². The summed E-state index contributed by atoms with van der Waals surface area (Å²) in [6.45, 7) is 7.24. The molecule has 3 N–H and O–H groups in total. The lowest BCUT2D eigenvalue weighted by Gasteiger charge is -2.27. The van der Waals surface area contributed by atoms with E-state index in [1.807, 2.05) is 0 Å². The highest BCUT2D eigenvalue weighted by atomic mass is 16.5. The van der Waals surface area contributed by atoms with Crippen molar-refractivity contribution in [1.82, 2.24) is 4.98 Å². The van der Waals surface area contributed by atoms with E-state index in [0.717, 1.165) is 19.6 Å². The fraction of sp³-hybridized carbons (Fsp3) is 0.545. The largest absolute Gasteiger partial charge is 0.493 e. The molecule has 0 saturated carbocycles. The van der Waals surface area contributed by atoms with Crippen molar-refractivity contribution in [1.29, 1.82) is 0 Å². The van der Waals surface area contributed by atoms with Gasteiger partial charge in [0.1, 0.15) is 5.69 Å². The average Bonchev–Trinajstić information content (AvgIpc) is 3.08. The van der Waals surface area contributed by atoms with Gasteiger partial charge in [-0.25, -0.2) is 4.79 Å². The lowest BCUT2D eigenvalue weighted by atomic mass is 10.0. The van der Waals surface area contributed by atoms with E-state index >= 15 is 0 Å². The third kappa shape index (κ3) is 4.87. The molecule has 2 aromatic rings. The molecule has 1 fully saturated rings. The molecule has 1 saturated heterocycles. The number of piperidine rings is 1. The minimum absolute atomic E-state index is 0.123. The van der Waals surface area contributed by atoms with Gasteiger partial charge in [-0.15, -0.1) is 0 Å². The molecule has 1 aromatic carbocycles. The van der Waals surface area contributed by atoms with Crippen LogP contribution in [0.1, 0.15) is 43.6 Å². The maximum absolute atomic E-state index is 12.7. The lowest BCUT2D eigenvalue weighted by Crippen LogP contribution is -3.13. The van der Waals surface area contributed by atoms with Crippen molar-refractivity contribution in [3.8, 4) is 11.5 Å². The number of hydrogen-bond donors (Lipinski definition) is 3. The highest BCUT2D eigenvalue weighted by Gasteiger charge is 2.24. The Labute approximate surface area is 176 Å². The Balaban J connectivity index is 1.85. The number of carbonyl (C=O) groups is 2. The lowest BCUT2D eigenvalue weighted by molar-refractivity contribution is -0.907. The maximum atomic E-state index is 12.7. The van der Waals surface area contributed by atoms with Gasteiger partial charge in [-0.05, 0) is 25.8 Å². The number of fused-ring (bicyclic) bond motifs is 1. The molecule has 0 aliphatic carbocycles. The fourth-order valence-corrected chi connectivity index (χ4v) is 4.12. The summed E-state index contributed by atoms with van der Waals surface area (Å²) in [5.41, 5.74) is 1.28. The third-order valence-electron chi connectivity index (χ3n) is 5.62. The summed E-state index contributed by atoms with van der Waals surface area (Å²) in [7, 11) is 3.09. The Morgan fingerprint density at radius 2 is 1.97 bits per heavy atom. The number of anilines is 1. The van der Waals surface area contributed by atoms with Crippen LogP contribution in [0.5, 0.6) is 11.5 Å². The number of aromatic nitrogens is 1. The number of rotatable bonds is 8. The number of benzene rings is 1. The van der Waals surface area contributed by atoms with Gasteiger partial charge in [0.05, 0.1) is 58.1 Å². The molecule has 1 aliphatic rings. The normalized spacial score (nSPS) is 18.8. The number of hydrogen-bond acceptors (Lipinski definition) is 5. The number of methoxy groups -OCH3 is 2. The minimum atomic E-state index is -0.516. The molecule has 3 rings (SSSR count). The Morgan fingerprint density at radius 1 is 1.23 bits per heavy atom. The molecular formula is C22H32N3O5+. The number of esters is 1. The van der Waals surface area contributed by atoms with E-state index in [2.05, 4.69) is 17.2 Å². The summed E-state index contributed by atoms with van der Waals surface area (Å²) >= 11 is 0. The summed E-state index contributed by atoms with van der Waals surface area (Å²) in [5.74, 6) is 1.10. The van der Waals surface area contributed by atoms with Gasteiger partial charge in [0, 0.05) is 17.4 Å². The first-order valence-corrected chi connectivity index (χ1v) is 10.5. The number of H-pyrrole nitrogens is 1. The van der Waals surface area contributed by atoms with Crippen LogP contribution in [0.25, 0.3) is 10.9 Å². The van der Waals surface area contributed by atoms with Crippen molar-refractivity contribution in [2.24, 2.45) is 5.92 Å². The Kier molecular flexibility index (Phi) is 7.20. The number of likely N-dealkylation sites (tertiary alicyclic amines) is 1. The molecule has 1 unspecified atom stereocenters. The zero-order valence-electron chi connectivity index (χ0n) is 18.2. The first kappa shape index (κ1) is 22.0. The number of ether oxygens (including phenoxy) is 3. The SMILES string of the molecule is CCOC(=O)c1[nH]c2cc(OC)c(OC)cc2c1NC(=O)CC[NH+]1CCC[C@@H](C)C1.